The molecule has 0 atom stereocenters. The third-order valence-electron chi connectivity index (χ3n) is 4.04. The number of benzene rings is 1. The molecule has 0 radical (unpaired) electrons. The van der Waals surface area contributed by atoms with Crippen LogP contribution in [0.25, 0.3) is 0 Å². The summed E-state index contributed by atoms with van der Waals surface area (Å²) in [6.07, 6.45) is 6.60. The van der Waals surface area contributed by atoms with Gasteiger partial charge < -0.3 is 5.32 Å². The van der Waals surface area contributed by atoms with E-state index in [2.05, 4.69) is 74.4 Å². The van der Waals surface area contributed by atoms with E-state index in [-0.39, 0.29) is 0 Å². The summed E-state index contributed by atoms with van der Waals surface area (Å²) in [5, 5.41) is 3.45. The normalized spacial score (nSPS) is 11.2. The summed E-state index contributed by atoms with van der Waals surface area (Å²) in [6.45, 7) is 9.08. The van der Waals surface area contributed by atoms with Crippen molar-refractivity contribution in [3.63, 3.8) is 0 Å². The monoisotopic (exact) mass is 310 g/mol. The highest BCUT2D eigenvalue weighted by molar-refractivity contribution is 5.57. The van der Waals surface area contributed by atoms with Crippen LogP contribution in [0.4, 0.5) is 11.5 Å². The van der Waals surface area contributed by atoms with E-state index in [4.69, 9.17) is 0 Å². The van der Waals surface area contributed by atoms with Gasteiger partial charge in [-0.15, -0.1) is 0 Å². The lowest BCUT2D eigenvalue weighted by atomic mass is 10.0. The molecule has 2 heteroatoms. The summed E-state index contributed by atoms with van der Waals surface area (Å²) in [4.78, 5) is 4.45. The fourth-order valence-electron chi connectivity index (χ4n) is 2.56. The van der Waals surface area contributed by atoms with Crippen LogP contribution in [0.2, 0.25) is 0 Å². The van der Waals surface area contributed by atoms with Crippen molar-refractivity contribution in [2.24, 2.45) is 11.8 Å². The molecule has 0 bridgehead atoms. The van der Waals surface area contributed by atoms with Crippen molar-refractivity contribution in [1.29, 1.82) is 0 Å². The van der Waals surface area contributed by atoms with E-state index >= 15 is 0 Å². The molecule has 0 saturated carbocycles. The van der Waals surface area contributed by atoms with E-state index in [9.17, 15) is 0 Å². The SMILES string of the molecule is CC(C)CCc1cccc(Nc2cc(CCC(C)C)ccn2)c1. The highest BCUT2D eigenvalue weighted by atomic mass is 15.0. The first-order valence-corrected chi connectivity index (χ1v) is 8.84. The van der Waals surface area contributed by atoms with Crippen LogP contribution < -0.4 is 5.32 Å². The van der Waals surface area contributed by atoms with Crippen molar-refractivity contribution >= 4 is 11.5 Å². The minimum absolute atomic E-state index is 0.734. The number of aryl methyl sites for hydroxylation is 2. The molecule has 2 aromatic rings. The number of aromatic nitrogens is 1. The van der Waals surface area contributed by atoms with Gasteiger partial charge in [0.05, 0.1) is 0 Å². The maximum atomic E-state index is 4.45. The molecule has 23 heavy (non-hydrogen) atoms. The molecule has 2 nitrogen and oxygen atoms in total. The van der Waals surface area contributed by atoms with E-state index in [0.717, 1.165) is 36.2 Å². The molecule has 1 aromatic carbocycles. The molecule has 0 aliphatic carbocycles. The van der Waals surface area contributed by atoms with E-state index in [0.29, 0.717) is 0 Å². The molecule has 0 spiro atoms. The maximum Gasteiger partial charge on any atom is 0.130 e. The van der Waals surface area contributed by atoms with Gasteiger partial charge in [0.2, 0.25) is 0 Å². The van der Waals surface area contributed by atoms with Crippen molar-refractivity contribution in [3.8, 4) is 0 Å². The first-order chi connectivity index (χ1) is 11.0. The maximum absolute atomic E-state index is 4.45. The molecule has 0 saturated heterocycles. The predicted octanol–water partition coefficient (Wildman–Crippen LogP) is 6.00. The van der Waals surface area contributed by atoms with Gasteiger partial charge in [0, 0.05) is 11.9 Å². The number of rotatable bonds is 8. The van der Waals surface area contributed by atoms with Gasteiger partial charge in [-0.1, -0.05) is 39.8 Å². The molecule has 1 aromatic heterocycles. The summed E-state index contributed by atoms with van der Waals surface area (Å²) in [5.41, 5.74) is 3.87. The Morgan fingerprint density at radius 1 is 0.870 bits per heavy atom. The van der Waals surface area contributed by atoms with Gasteiger partial charge in [0.1, 0.15) is 5.82 Å². The van der Waals surface area contributed by atoms with Crippen molar-refractivity contribution in [2.75, 3.05) is 5.32 Å². The Morgan fingerprint density at radius 3 is 2.17 bits per heavy atom. The smallest absolute Gasteiger partial charge is 0.130 e. The second-order valence-corrected chi connectivity index (χ2v) is 7.24. The van der Waals surface area contributed by atoms with Crippen LogP contribution in [-0.4, -0.2) is 4.98 Å². The van der Waals surface area contributed by atoms with Gasteiger partial charge >= 0.3 is 0 Å². The van der Waals surface area contributed by atoms with Crippen LogP contribution in [0.1, 0.15) is 51.7 Å². The summed E-state index contributed by atoms with van der Waals surface area (Å²) in [5.74, 6) is 2.41. The molecule has 0 unspecified atom stereocenters. The summed E-state index contributed by atoms with van der Waals surface area (Å²) < 4.78 is 0. The first-order valence-electron chi connectivity index (χ1n) is 8.84. The van der Waals surface area contributed by atoms with Crippen molar-refractivity contribution in [1.82, 2.24) is 4.98 Å². The van der Waals surface area contributed by atoms with Gasteiger partial charge in [0.15, 0.2) is 0 Å². The Kier molecular flexibility index (Phi) is 6.64. The summed E-state index contributed by atoms with van der Waals surface area (Å²) >= 11 is 0. The zero-order valence-corrected chi connectivity index (χ0v) is 15.0. The van der Waals surface area contributed by atoms with Gasteiger partial charge in [0.25, 0.3) is 0 Å². The summed E-state index contributed by atoms with van der Waals surface area (Å²) in [7, 11) is 0. The highest BCUT2D eigenvalue weighted by Crippen LogP contribution is 2.19. The standard InChI is InChI=1S/C21H30N2/c1-16(2)8-10-18-6-5-7-20(14-18)23-21-15-19(12-13-22-21)11-9-17(3)4/h5-7,12-17H,8-11H2,1-4H3,(H,22,23). The number of anilines is 2. The molecular formula is C21H30N2. The number of nitrogens with one attached hydrogen (secondary N) is 1. The quantitative estimate of drug-likeness (QED) is 0.646. The van der Waals surface area contributed by atoms with Crippen molar-refractivity contribution < 1.29 is 0 Å². The lowest BCUT2D eigenvalue weighted by Crippen LogP contribution is -1.98. The molecule has 0 aliphatic rings. The molecule has 2 rings (SSSR count). The lowest BCUT2D eigenvalue weighted by Gasteiger charge is -2.10. The third kappa shape index (κ3) is 6.43. The number of hydrogen-bond donors (Lipinski definition) is 1. The van der Waals surface area contributed by atoms with Crippen LogP contribution >= 0.6 is 0 Å². The minimum atomic E-state index is 0.734. The molecular weight excluding hydrogens is 280 g/mol. The van der Waals surface area contributed by atoms with Crippen molar-refractivity contribution in [2.45, 2.75) is 53.4 Å². The van der Waals surface area contributed by atoms with Gasteiger partial charge in [-0.25, -0.2) is 4.98 Å². The fourth-order valence-corrected chi connectivity index (χ4v) is 2.56. The van der Waals surface area contributed by atoms with Crippen molar-refractivity contribution in [3.05, 3.63) is 53.7 Å². The lowest BCUT2D eigenvalue weighted by molar-refractivity contribution is 0.586. The Morgan fingerprint density at radius 2 is 1.52 bits per heavy atom. The zero-order valence-electron chi connectivity index (χ0n) is 15.0. The van der Waals surface area contributed by atoms with Crippen LogP contribution in [-0.2, 0) is 12.8 Å². The first kappa shape index (κ1) is 17.5. The zero-order chi connectivity index (χ0) is 16.7. The average Bonchev–Trinajstić information content (AvgIpc) is 2.52. The highest BCUT2D eigenvalue weighted by Gasteiger charge is 2.02. The Bertz CT molecular complexity index is 549. The van der Waals surface area contributed by atoms with Crippen LogP contribution in [0.5, 0.6) is 0 Å². The fraction of sp³-hybridized carbons (Fsp3) is 0.476. The van der Waals surface area contributed by atoms with E-state index in [1.54, 1.807) is 0 Å². The van der Waals surface area contributed by atoms with E-state index in [1.165, 1.54) is 24.0 Å². The van der Waals surface area contributed by atoms with E-state index in [1.807, 2.05) is 6.20 Å². The Labute approximate surface area is 141 Å². The Balaban J connectivity index is 2.01. The second-order valence-electron chi connectivity index (χ2n) is 7.24. The van der Waals surface area contributed by atoms with E-state index < -0.39 is 0 Å². The van der Waals surface area contributed by atoms with Gasteiger partial charge in [-0.3, -0.25) is 0 Å². The average molecular weight is 310 g/mol. The molecule has 124 valence electrons. The minimum Gasteiger partial charge on any atom is -0.340 e. The van der Waals surface area contributed by atoms with Gasteiger partial charge in [-0.05, 0) is 72.9 Å². The third-order valence-corrected chi connectivity index (χ3v) is 4.04. The molecule has 0 amide bonds. The van der Waals surface area contributed by atoms with Gasteiger partial charge in [-0.2, -0.15) is 0 Å². The van der Waals surface area contributed by atoms with Crippen LogP contribution in [0.3, 0.4) is 0 Å². The molecule has 0 aliphatic heterocycles. The summed E-state index contributed by atoms with van der Waals surface area (Å²) in [6, 6.07) is 13.0. The van der Waals surface area contributed by atoms with Crippen LogP contribution in [0.15, 0.2) is 42.6 Å². The number of hydrogen-bond acceptors (Lipinski definition) is 2. The predicted molar refractivity (Wildman–Crippen MR) is 100 cm³/mol. The Hall–Kier alpha value is -1.83. The number of pyridine rings is 1. The molecule has 0 fully saturated rings. The largest absolute Gasteiger partial charge is 0.340 e. The van der Waals surface area contributed by atoms with Crippen LogP contribution in [0, 0.1) is 11.8 Å². The number of nitrogens with zero attached hydrogens (tertiary/aromatic N) is 1. The topological polar surface area (TPSA) is 24.9 Å². The molecule has 1 N–H and O–H groups in total. The molecule has 1 heterocycles. The second kappa shape index (κ2) is 8.71.